The normalized spacial score (nSPS) is 32.1. The van der Waals surface area contributed by atoms with E-state index in [1.54, 1.807) is 0 Å². The van der Waals surface area contributed by atoms with Gasteiger partial charge in [0.2, 0.25) is 0 Å². The van der Waals surface area contributed by atoms with Crippen molar-refractivity contribution in [2.75, 3.05) is 0 Å². The van der Waals surface area contributed by atoms with E-state index in [9.17, 15) is 22.6 Å². The molecule has 5 rings (SSSR count). The van der Waals surface area contributed by atoms with E-state index in [-0.39, 0.29) is 11.1 Å². The maximum absolute atomic E-state index is 13.1. The Morgan fingerprint density at radius 1 is 0.824 bits per heavy atom. The first kappa shape index (κ1) is 23.3. The third-order valence-corrected chi connectivity index (χ3v) is 8.60. The molecule has 0 aliphatic heterocycles. The molecule has 0 radical (unpaired) electrons. The number of fused-ring (bicyclic) bond motifs is 4. The SMILES string of the molecule is O=C(OC12CC=CC(CCC1)C2)c1cc(C(=O)OC23CC=CC(CCC2)C3)cc(S(=O)(=O)O)c1. The molecule has 1 aromatic rings. The number of benzene rings is 1. The van der Waals surface area contributed by atoms with Crippen LogP contribution in [0.3, 0.4) is 0 Å². The lowest BCUT2D eigenvalue weighted by atomic mass is 9.72. The molecule has 1 aromatic carbocycles. The zero-order valence-electron chi connectivity index (χ0n) is 19.1. The fourth-order valence-corrected chi connectivity index (χ4v) is 6.70. The van der Waals surface area contributed by atoms with Gasteiger partial charge in [-0.15, -0.1) is 0 Å². The Kier molecular flexibility index (Phi) is 5.92. The average molecular weight is 487 g/mol. The van der Waals surface area contributed by atoms with Crippen LogP contribution in [0.4, 0.5) is 0 Å². The second-order valence-electron chi connectivity index (χ2n) is 10.3. The van der Waals surface area contributed by atoms with Crippen molar-refractivity contribution in [1.82, 2.24) is 0 Å². The van der Waals surface area contributed by atoms with E-state index in [1.807, 2.05) is 12.2 Å². The van der Waals surface area contributed by atoms with Crippen LogP contribution < -0.4 is 0 Å². The smallest absolute Gasteiger partial charge is 0.338 e. The molecule has 0 saturated heterocycles. The first-order valence-corrected chi connectivity index (χ1v) is 13.5. The second kappa shape index (κ2) is 8.64. The third-order valence-electron chi connectivity index (χ3n) is 7.77. The summed E-state index contributed by atoms with van der Waals surface area (Å²) in [4.78, 5) is 25.7. The Labute approximate surface area is 200 Å². The van der Waals surface area contributed by atoms with Crippen LogP contribution in [0.1, 0.15) is 84.9 Å². The molecule has 4 aliphatic carbocycles. The molecule has 4 aliphatic rings. The molecule has 4 atom stereocenters. The predicted molar refractivity (Wildman–Crippen MR) is 124 cm³/mol. The highest BCUT2D eigenvalue weighted by molar-refractivity contribution is 7.85. The summed E-state index contributed by atoms with van der Waals surface area (Å²) in [5.74, 6) is -0.666. The molecule has 34 heavy (non-hydrogen) atoms. The summed E-state index contributed by atoms with van der Waals surface area (Å²) < 4.78 is 45.4. The molecular formula is C26H30O7S. The summed E-state index contributed by atoms with van der Waals surface area (Å²) in [7, 11) is -4.66. The number of hydrogen-bond donors (Lipinski definition) is 1. The van der Waals surface area contributed by atoms with E-state index in [4.69, 9.17) is 9.47 Å². The Morgan fingerprint density at radius 3 is 1.74 bits per heavy atom. The molecule has 4 bridgehead atoms. The molecule has 2 saturated carbocycles. The highest BCUT2D eigenvalue weighted by atomic mass is 32.2. The van der Waals surface area contributed by atoms with Crippen molar-refractivity contribution < 1.29 is 32.0 Å². The van der Waals surface area contributed by atoms with E-state index in [2.05, 4.69) is 12.2 Å². The van der Waals surface area contributed by atoms with Crippen LogP contribution in [-0.2, 0) is 19.6 Å². The number of carbonyl (C=O) groups is 2. The summed E-state index contributed by atoms with van der Waals surface area (Å²) in [5, 5.41) is 0. The Balaban J connectivity index is 1.42. The van der Waals surface area contributed by atoms with E-state index in [0.29, 0.717) is 24.7 Å². The lowest BCUT2D eigenvalue weighted by molar-refractivity contribution is -0.0466. The molecule has 1 N–H and O–H groups in total. The standard InChI is InChI=1S/C26H30O7S/c27-23(32-25-9-1-5-18(16-25)6-2-10-25)20-13-21(15-22(14-20)34(29,30)31)24(28)33-26-11-3-7-19(17-26)8-4-12-26/h1,3,5,7,13-15,18-19H,2,4,6,8-12,16-17H2,(H,29,30,31). The van der Waals surface area contributed by atoms with E-state index in [1.165, 1.54) is 6.07 Å². The number of allylic oxidation sites excluding steroid dienone is 2. The molecule has 0 amide bonds. The van der Waals surface area contributed by atoms with Crippen molar-refractivity contribution in [2.24, 2.45) is 11.8 Å². The Hall–Kier alpha value is -2.45. The van der Waals surface area contributed by atoms with Crippen LogP contribution in [0.15, 0.2) is 47.4 Å². The van der Waals surface area contributed by atoms with Gasteiger partial charge >= 0.3 is 11.9 Å². The fraction of sp³-hybridized carbons (Fsp3) is 0.538. The van der Waals surface area contributed by atoms with E-state index >= 15 is 0 Å². The van der Waals surface area contributed by atoms with Gasteiger partial charge in [0.15, 0.2) is 0 Å². The molecule has 0 aromatic heterocycles. The van der Waals surface area contributed by atoms with Crippen molar-refractivity contribution in [1.29, 1.82) is 0 Å². The molecule has 0 spiro atoms. The molecule has 0 heterocycles. The third kappa shape index (κ3) is 4.70. The first-order valence-electron chi connectivity index (χ1n) is 12.1. The summed E-state index contributed by atoms with van der Waals surface area (Å²) in [5.41, 5.74) is -1.41. The minimum Gasteiger partial charge on any atom is -0.455 e. The van der Waals surface area contributed by atoms with E-state index < -0.39 is 38.2 Å². The largest absolute Gasteiger partial charge is 0.455 e. The maximum Gasteiger partial charge on any atom is 0.338 e. The first-order chi connectivity index (χ1) is 16.2. The molecule has 8 heteroatoms. The van der Waals surface area contributed by atoms with Gasteiger partial charge in [0.25, 0.3) is 10.1 Å². The molecule has 4 unspecified atom stereocenters. The lowest BCUT2D eigenvalue weighted by Gasteiger charge is -2.42. The molecule has 7 nitrogen and oxygen atoms in total. The van der Waals surface area contributed by atoms with Crippen LogP contribution in [-0.4, -0.2) is 36.1 Å². The van der Waals surface area contributed by atoms with Gasteiger partial charge in [0.05, 0.1) is 16.0 Å². The van der Waals surface area contributed by atoms with Gasteiger partial charge in [-0.3, -0.25) is 4.55 Å². The highest BCUT2D eigenvalue weighted by Crippen LogP contribution is 2.43. The minimum absolute atomic E-state index is 0.0873. The van der Waals surface area contributed by atoms with Gasteiger partial charge in [-0.05, 0) is 81.4 Å². The summed E-state index contributed by atoms with van der Waals surface area (Å²) in [6.45, 7) is 0. The topological polar surface area (TPSA) is 107 Å². The van der Waals surface area contributed by atoms with Gasteiger partial charge in [-0.25, -0.2) is 9.59 Å². The van der Waals surface area contributed by atoms with Gasteiger partial charge in [0.1, 0.15) is 11.2 Å². The van der Waals surface area contributed by atoms with Crippen LogP contribution in [0.25, 0.3) is 0 Å². The number of hydrogen-bond acceptors (Lipinski definition) is 6. The van der Waals surface area contributed by atoms with Crippen molar-refractivity contribution in [3.63, 3.8) is 0 Å². The maximum atomic E-state index is 13.1. The van der Waals surface area contributed by atoms with Crippen LogP contribution in [0.5, 0.6) is 0 Å². The van der Waals surface area contributed by atoms with Crippen LogP contribution >= 0.6 is 0 Å². The lowest BCUT2D eigenvalue weighted by Crippen LogP contribution is -2.41. The van der Waals surface area contributed by atoms with Crippen molar-refractivity contribution >= 4 is 22.1 Å². The summed E-state index contributed by atoms with van der Waals surface area (Å²) in [6, 6.07) is 3.43. The summed E-state index contributed by atoms with van der Waals surface area (Å²) >= 11 is 0. The number of rotatable bonds is 5. The zero-order valence-corrected chi connectivity index (χ0v) is 19.9. The van der Waals surface area contributed by atoms with Gasteiger partial charge in [0, 0.05) is 12.8 Å². The minimum atomic E-state index is -4.66. The average Bonchev–Trinajstić information content (AvgIpc) is 2.78. The molecule has 182 valence electrons. The van der Waals surface area contributed by atoms with Gasteiger partial charge in [-0.1, -0.05) is 24.3 Å². The van der Waals surface area contributed by atoms with Gasteiger partial charge < -0.3 is 9.47 Å². The monoisotopic (exact) mass is 486 g/mol. The number of esters is 2. The van der Waals surface area contributed by atoms with Crippen molar-refractivity contribution in [3.05, 3.63) is 53.6 Å². The van der Waals surface area contributed by atoms with Crippen molar-refractivity contribution in [3.8, 4) is 0 Å². The Morgan fingerprint density at radius 2 is 1.29 bits per heavy atom. The summed E-state index contributed by atoms with van der Waals surface area (Å²) in [6.07, 6.45) is 16.6. The van der Waals surface area contributed by atoms with Crippen LogP contribution in [0.2, 0.25) is 0 Å². The van der Waals surface area contributed by atoms with E-state index in [0.717, 1.165) is 63.5 Å². The predicted octanol–water partition coefficient (Wildman–Crippen LogP) is 5.02. The van der Waals surface area contributed by atoms with Crippen LogP contribution in [0, 0.1) is 11.8 Å². The Bertz CT molecular complexity index is 1100. The fourth-order valence-electron chi connectivity index (χ4n) is 6.15. The molecular weight excluding hydrogens is 456 g/mol. The molecule has 2 fully saturated rings. The number of carbonyl (C=O) groups excluding carboxylic acids is 2. The van der Waals surface area contributed by atoms with Crippen molar-refractivity contribution in [2.45, 2.75) is 80.3 Å². The highest BCUT2D eigenvalue weighted by Gasteiger charge is 2.42. The number of ether oxygens (including phenoxy) is 2. The second-order valence-corrected chi connectivity index (χ2v) is 11.8. The van der Waals surface area contributed by atoms with Gasteiger partial charge in [-0.2, -0.15) is 8.42 Å². The quantitative estimate of drug-likeness (QED) is 0.354. The zero-order chi connectivity index (χ0) is 24.0.